The molecule has 0 amide bonds. The van der Waals surface area contributed by atoms with E-state index in [4.69, 9.17) is 0 Å². The number of anilines is 4. The topological polar surface area (TPSA) is 65.6 Å². The summed E-state index contributed by atoms with van der Waals surface area (Å²) in [6.45, 7) is 0. The van der Waals surface area contributed by atoms with Crippen molar-refractivity contribution in [1.29, 1.82) is 0 Å². The molecule has 2 aromatic heterocycles. The molecule has 29 heavy (non-hydrogen) atoms. The zero-order valence-electron chi connectivity index (χ0n) is 15.6. The third-order valence-electron chi connectivity index (χ3n) is 4.71. The molecule has 5 nitrogen and oxygen atoms in total. The zero-order chi connectivity index (χ0) is 19.5. The summed E-state index contributed by atoms with van der Waals surface area (Å²) in [6.07, 6.45) is 3.51. The molecule has 2 heterocycles. The molecule has 0 atom stereocenters. The lowest BCUT2D eigenvalue weighted by Gasteiger charge is -2.12. The highest BCUT2D eigenvalue weighted by atomic mass is 15.0. The summed E-state index contributed by atoms with van der Waals surface area (Å²) in [7, 11) is 0. The average molecular weight is 377 g/mol. The summed E-state index contributed by atoms with van der Waals surface area (Å²) in [5.41, 5.74) is 5.84. The van der Waals surface area contributed by atoms with E-state index in [2.05, 4.69) is 49.9 Å². The van der Waals surface area contributed by atoms with Gasteiger partial charge in [0.2, 0.25) is 0 Å². The minimum Gasteiger partial charge on any atom is -0.355 e. The minimum absolute atomic E-state index is 0.646. The normalized spacial score (nSPS) is 10.8. The molecule has 0 radical (unpaired) electrons. The number of hydrogen-bond acceptors (Lipinski definition) is 4. The van der Waals surface area contributed by atoms with Crippen LogP contribution >= 0.6 is 0 Å². The van der Waals surface area contributed by atoms with E-state index in [1.807, 2.05) is 60.7 Å². The van der Waals surface area contributed by atoms with Gasteiger partial charge in [-0.3, -0.25) is 0 Å². The van der Waals surface area contributed by atoms with Crippen LogP contribution < -0.4 is 10.6 Å². The molecule has 0 bridgehead atoms. The fraction of sp³-hybridized carbons (Fsp3) is 0. The van der Waals surface area contributed by atoms with E-state index >= 15 is 0 Å². The van der Waals surface area contributed by atoms with Gasteiger partial charge in [-0.2, -0.15) is 0 Å². The van der Waals surface area contributed by atoms with Crippen molar-refractivity contribution in [2.24, 2.45) is 0 Å². The van der Waals surface area contributed by atoms with Gasteiger partial charge in [0, 0.05) is 29.2 Å². The quantitative estimate of drug-likeness (QED) is 0.346. The Kier molecular flexibility index (Phi) is 4.39. The second-order valence-electron chi connectivity index (χ2n) is 6.66. The van der Waals surface area contributed by atoms with Gasteiger partial charge in [0.15, 0.2) is 5.82 Å². The Morgan fingerprint density at radius 2 is 1.28 bits per heavy atom. The number of aromatic amines is 1. The summed E-state index contributed by atoms with van der Waals surface area (Å²) < 4.78 is 0. The Hall–Kier alpha value is -4.12. The Bertz CT molecular complexity index is 1230. The maximum atomic E-state index is 4.46. The van der Waals surface area contributed by atoms with E-state index in [1.54, 1.807) is 12.4 Å². The molecule has 3 N–H and O–H groups in total. The second kappa shape index (κ2) is 7.48. The molecule has 5 rings (SSSR count). The zero-order valence-corrected chi connectivity index (χ0v) is 15.6. The summed E-state index contributed by atoms with van der Waals surface area (Å²) in [5, 5.41) is 8.16. The number of hydrogen-bond donors (Lipinski definition) is 3. The predicted octanol–water partition coefficient (Wildman–Crippen LogP) is 6.11. The Balaban J connectivity index is 1.70. The third kappa shape index (κ3) is 3.41. The molecule has 0 aliphatic carbocycles. The molecule has 0 spiro atoms. The monoisotopic (exact) mass is 377 g/mol. The number of benzene rings is 3. The van der Waals surface area contributed by atoms with Gasteiger partial charge in [-0.15, -0.1) is 0 Å². The Morgan fingerprint density at radius 3 is 1.97 bits per heavy atom. The van der Waals surface area contributed by atoms with Gasteiger partial charge in [-0.05, 0) is 42.5 Å². The smallest absolute Gasteiger partial charge is 0.178 e. The number of fused-ring (bicyclic) bond motifs is 1. The molecule has 0 aliphatic rings. The molecule has 3 aromatic carbocycles. The van der Waals surface area contributed by atoms with E-state index in [0.29, 0.717) is 5.82 Å². The van der Waals surface area contributed by atoms with Crippen LogP contribution in [0.2, 0.25) is 0 Å². The highest BCUT2D eigenvalue weighted by molar-refractivity contribution is 6.09. The van der Waals surface area contributed by atoms with Crippen LogP contribution in [-0.2, 0) is 0 Å². The lowest BCUT2D eigenvalue weighted by molar-refractivity contribution is 1.16. The highest BCUT2D eigenvalue weighted by Gasteiger charge is 2.18. The lowest BCUT2D eigenvalue weighted by atomic mass is 10.1. The van der Waals surface area contributed by atoms with Crippen LogP contribution in [0, 0.1) is 0 Å². The second-order valence-corrected chi connectivity index (χ2v) is 6.66. The fourth-order valence-corrected chi connectivity index (χ4v) is 3.42. The van der Waals surface area contributed by atoms with Gasteiger partial charge >= 0.3 is 0 Å². The van der Waals surface area contributed by atoms with Crippen molar-refractivity contribution in [3.63, 3.8) is 0 Å². The SMILES string of the molecule is c1ccc(Nc2cccc3[nH]c(-c4ncccn4)c(Nc4ccccc4)c23)cc1. The highest BCUT2D eigenvalue weighted by Crippen LogP contribution is 2.40. The number of nitrogens with one attached hydrogen (secondary N) is 3. The summed E-state index contributed by atoms with van der Waals surface area (Å²) in [5.74, 6) is 0.646. The van der Waals surface area contributed by atoms with Crippen LogP contribution in [0.3, 0.4) is 0 Å². The molecule has 5 aromatic rings. The van der Waals surface area contributed by atoms with E-state index < -0.39 is 0 Å². The number of nitrogens with zero attached hydrogens (tertiary/aromatic N) is 2. The van der Waals surface area contributed by atoms with Crippen molar-refractivity contribution in [3.05, 3.63) is 97.3 Å². The molecule has 0 saturated carbocycles. The third-order valence-corrected chi connectivity index (χ3v) is 4.71. The van der Waals surface area contributed by atoms with Crippen LogP contribution in [-0.4, -0.2) is 15.0 Å². The number of aromatic nitrogens is 3. The van der Waals surface area contributed by atoms with Crippen LogP contribution in [0.25, 0.3) is 22.4 Å². The van der Waals surface area contributed by atoms with Crippen molar-refractivity contribution in [2.75, 3.05) is 10.6 Å². The molecule has 5 heteroatoms. The molecule has 0 fully saturated rings. The number of rotatable bonds is 5. The lowest BCUT2D eigenvalue weighted by Crippen LogP contribution is -1.96. The van der Waals surface area contributed by atoms with E-state index in [-0.39, 0.29) is 0 Å². The van der Waals surface area contributed by atoms with Gasteiger partial charge in [-0.1, -0.05) is 42.5 Å². The first-order valence-corrected chi connectivity index (χ1v) is 9.45. The van der Waals surface area contributed by atoms with Crippen molar-refractivity contribution in [1.82, 2.24) is 15.0 Å². The number of para-hydroxylation sites is 2. The molecular weight excluding hydrogens is 358 g/mol. The maximum absolute atomic E-state index is 4.46. The molecule has 140 valence electrons. The first kappa shape index (κ1) is 17.0. The van der Waals surface area contributed by atoms with Crippen molar-refractivity contribution < 1.29 is 0 Å². The predicted molar refractivity (Wildman–Crippen MR) is 119 cm³/mol. The van der Waals surface area contributed by atoms with E-state index in [0.717, 1.165) is 39.3 Å². The Labute approximate surface area is 168 Å². The van der Waals surface area contributed by atoms with Gasteiger partial charge in [0.05, 0.1) is 16.9 Å². The van der Waals surface area contributed by atoms with Gasteiger partial charge in [0.1, 0.15) is 5.69 Å². The summed E-state index contributed by atoms with van der Waals surface area (Å²) in [6, 6.07) is 28.3. The summed E-state index contributed by atoms with van der Waals surface area (Å²) >= 11 is 0. The van der Waals surface area contributed by atoms with Gasteiger partial charge < -0.3 is 15.6 Å². The Morgan fingerprint density at radius 1 is 0.621 bits per heavy atom. The number of H-pyrrole nitrogens is 1. The largest absolute Gasteiger partial charge is 0.355 e. The average Bonchev–Trinajstić information content (AvgIpc) is 3.15. The van der Waals surface area contributed by atoms with Crippen LogP contribution in [0.5, 0.6) is 0 Å². The maximum Gasteiger partial charge on any atom is 0.178 e. The first-order valence-electron chi connectivity index (χ1n) is 9.45. The summed E-state index contributed by atoms with van der Waals surface area (Å²) in [4.78, 5) is 12.4. The fourth-order valence-electron chi connectivity index (χ4n) is 3.42. The van der Waals surface area contributed by atoms with E-state index in [1.165, 1.54) is 0 Å². The minimum atomic E-state index is 0.646. The van der Waals surface area contributed by atoms with Crippen LogP contribution in [0.1, 0.15) is 0 Å². The van der Waals surface area contributed by atoms with Gasteiger partial charge in [-0.25, -0.2) is 9.97 Å². The molecule has 0 unspecified atom stereocenters. The molecule has 0 saturated heterocycles. The molecule has 0 aliphatic heterocycles. The van der Waals surface area contributed by atoms with E-state index in [9.17, 15) is 0 Å². The van der Waals surface area contributed by atoms with Crippen LogP contribution in [0.4, 0.5) is 22.7 Å². The van der Waals surface area contributed by atoms with Crippen molar-refractivity contribution in [3.8, 4) is 11.5 Å². The standard InChI is InChI=1S/C24H19N5/c1-3-9-17(10-4-1)27-19-13-7-14-20-21(19)22(28-18-11-5-2-6-12-18)23(29-20)24-25-15-8-16-26-24/h1-16,27-29H. The van der Waals surface area contributed by atoms with Crippen molar-refractivity contribution in [2.45, 2.75) is 0 Å². The van der Waals surface area contributed by atoms with Crippen molar-refractivity contribution >= 4 is 33.7 Å². The molecular formula is C24H19N5. The van der Waals surface area contributed by atoms with Gasteiger partial charge in [0.25, 0.3) is 0 Å². The van der Waals surface area contributed by atoms with Crippen LogP contribution in [0.15, 0.2) is 97.3 Å². The first-order chi connectivity index (χ1) is 14.4.